The summed E-state index contributed by atoms with van der Waals surface area (Å²) in [6, 6.07) is 5.02. The minimum atomic E-state index is -4.75. The van der Waals surface area contributed by atoms with Gasteiger partial charge in [-0.2, -0.15) is 0 Å². The van der Waals surface area contributed by atoms with Gasteiger partial charge < -0.3 is 9.84 Å². The average Bonchev–Trinajstić information content (AvgIpc) is 3.10. The van der Waals surface area contributed by atoms with Crippen LogP contribution >= 0.6 is 0 Å². The predicted octanol–water partition coefficient (Wildman–Crippen LogP) is 4.88. The Kier molecular flexibility index (Phi) is 5.78. The molecule has 1 aliphatic rings. The van der Waals surface area contributed by atoms with Gasteiger partial charge in [-0.1, -0.05) is 6.08 Å². The molecule has 2 aromatic rings. The number of halogens is 3. The van der Waals surface area contributed by atoms with E-state index in [9.17, 15) is 23.1 Å². The number of nitrogens with zero attached hydrogens (tertiary/aromatic N) is 4. The second kappa shape index (κ2) is 8.00. The molecule has 1 atom stereocenters. The lowest BCUT2D eigenvalue weighted by Gasteiger charge is -2.40. The third kappa shape index (κ3) is 5.11. The van der Waals surface area contributed by atoms with E-state index in [-0.39, 0.29) is 11.8 Å². The Morgan fingerprint density at radius 3 is 2.47 bits per heavy atom. The smallest absolute Gasteiger partial charge is 0.465 e. The van der Waals surface area contributed by atoms with Gasteiger partial charge in [-0.15, -0.1) is 18.3 Å². The van der Waals surface area contributed by atoms with Crippen LogP contribution in [0.2, 0.25) is 0 Å². The van der Waals surface area contributed by atoms with Crippen LogP contribution in [0.25, 0.3) is 11.3 Å². The summed E-state index contributed by atoms with van der Waals surface area (Å²) in [6.07, 6.45) is -0.132. The molecule has 30 heavy (non-hydrogen) atoms. The molecule has 0 aliphatic heterocycles. The molecule has 162 valence electrons. The minimum absolute atomic E-state index is 0.281. The highest BCUT2D eigenvalue weighted by atomic mass is 19.4. The normalized spacial score (nSPS) is 17.4. The van der Waals surface area contributed by atoms with Crippen LogP contribution in [0.5, 0.6) is 5.75 Å². The summed E-state index contributed by atoms with van der Waals surface area (Å²) < 4.78 is 42.2. The molecule has 0 saturated heterocycles. The quantitative estimate of drug-likeness (QED) is 0.757. The highest BCUT2D eigenvalue weighted by Gasteiger charge is 2.34. The molecule has 0 saturated carbocycles. The maximum atomic E-state index is 12.3. The van der Waals surface area contributed by atoms with E-state index in [1.807, 2.05) is 26.8 Å². The Morgan fingerprint density at radius 2 is 1.90 bits per heavy atom. The third-order valence-corrected chi connectivity index (χ3v) is 4.71. The van der Waals surface area contributed by atoms with Gasteiger partial charge in [0.05, 0.1) is 11.7 Å². The van der Waals surface area contributed by atoms with Crippen LogP contribution < -0.4 is 4.74 Å². The minimum Gasteiger partial charge on any atom is -0.465 e. The van der Waals surface area contributed by atoms with Crippen molar-refractivity contribution in [3.05, 3.63) is 42.5 Å². The van der Waals surface area contributed by atoms with Crippen molar-refractivity contribution >= 4 is 11.7 Å². The highest BCUT2D eigenvalue weighted by Crippen LogP contribution is 2.31. The fraction of sp³-hybridized carbons (Fsp3) is 0.450. The van der Waals surface area contributed by atoms with Crippen LogP contribution in [-0.4, -0.2) is 48.8 Å². The van der Waals surface area contributed by atoms with Gasteiger partial charge in [0, 0.05) is 5.54 Å². The zero-order chi connectivity index (χ0) is 22.1. The van der Waals surface area contributed by atoms with Crippen LogP contribution in [0, 0.1) is 0 Å². The number of ether oxygens (including phenoxy) is 1. The number of alkyl halides is 3. The Labute approximate surface area is 171 Å². The van der Waals surface area contributed by atoms with Gasteiger partial charge >= 0.3 is 12.5 Å². The molecule has 0 spiro atoms. The molecule has 1 aromatic heterocycles. The van der Waals surface area contributed by atoms with Crippen LogP contribution in [0.3, 0.4) is 0 Å². The lowest BCUT2D eigenvalue weighted by atomic mass is 9.91. The summed E-state index contributed by atoms with van der Waals surface area (Å²) in [7, 11) is 0. The number of hydrogen-bond acceptors (Lipinski definition) is 4. The van der Waals surface area contributed by atoms with E-state index in [0.717, 1.165) is 18.4 Å². The standard InChI is InChI=1S/C20H23F3N4O3/c1-19(2,3)27(18(28)29)15-6-4-5-13(11-15)17-24-12-26(25-17)14-7-9-16(10-8-14)30-20(21,22)23/h7-12,15H,4-6H2,1-3H3,(H,28,29). The van der Waals surface area contributed by atoms with Crippen LogP contribution in [0.1, 0.15) is 45.9 Å². The largest absolute Gasteiger partial charge is 0.573 e. The molecule has 7 nitrogen and oxygen atoms in total. The zero-order valence-corrected chi connectivity index (χ0v) is 16.8. The topological polar surface area (TPSA) is 80.5 Å². The number of amides is 1. The number of rotatable bonds is 4. The molecule has 1 aliphatic carbocycles. The number of allylic oxidation sites excluding steroid dienone is 1. The highest BCUT2D eigenvalue weighted by molar-refractivity contribution is 5.69. The predicted molar refractivity (Wildman–Crippen MR) is 103 cm³/mol. The number of benzene rings is 1. The third-order valence-electron chi connectivity index (χ3n) is 4.71. The SMILES string of the molecule is CC(C)(C)N(C(=O)O)C1C=C(c2ncn(-c3ccc(OC(F)(F)F)cc3)n2)CCC1. The van der Waals surface area contributed by atoms with Crippen molar-refractivity contribution < 1.29 is 27.8 Å². The first-order valence-electron chi connectivity index (χ1n) is 9.45. The number of aromatic nitrogens is 3. The van der Waals surface area contributed by atoms with Gasteiger partial charge in [-0.05, 0) is 69.9 Å². The van der Waals surface area contributed by atoms with Crippen molar-refractivity contribution in [2.75, 3.05) is 0 Å². The van der Waals surface area contributed by atoms with Gasteiger partial charge in [0.1, 0.15) is 12.1 Å². The Hall–Kier alpha value is -3.04. The monoisotopic (exact) mass is 424 g/mol. The summed E-state index contributed by atoms with van der Waals surface area (Å²) in [5.41, 5.74) is 0.818. The van der Waals surface area contributed by atoms with E-state index in [1.54, 1.807) is 0 Å². The Bertz CT molecular complexity index is 930. The van der Waals surface area contributed by atoms with Crippen molar-refractivity contribution in [3.63, 3.8) is 0 Å². The van der Waals surface area contributed by atoms with Gasteiger partial charge in [-0.25, -0.2) is 14.5 Å². The van der Waals surface area contributed by atoms with Crippen molar-refractivity contribution in [2.24, 2.45) is 0 Å². The van der Waals surface area contributed by atoms with Gasteiger partial charge in [-0.3, -0.25) is 4.90 Å². The fourth-order valence-electron chi connectivity index (χ4n) is 3.55. The summed E-state index contributed by atoms with van der Waals surface area (Å²) >= 11 is 0. The molecule has 1 heterocycles. The van der Waals surface area contributed by atoms with E-state index >= 15 is 0 Å². The van der Waals surface area contributed by atoms with Gasteiger partial charge in [0.25, 0.3) is 0 Å². The second-order valence-electron chi connectivity index (χ2n) is 8.03. The summed E-state index contributed by atoms with van der Waals surface area (Å²) in [6.45, 7) is 5.55. The number of carboxylic acid groups (broad SMARTS) is 1. The van der Waals surface area contributed by atoms with E-state index in [4.69, 9.17) is 0 Å². The van der Waals surface area contributed by atoms with E-state index < -0.39 is 18.0 Å². The molecule has 1 aromatic carbocycles. The molecule has 10 heteroatoms. The first kappa shape index (κ1) is 21.7. The summed E-state index contributed by atoms with van der Waals surface area (Å²) in [5, 5.41) is 14.1. The number of hydrogen-bond donors (Lipinski definition) is 1. The molecule has 0 bridgehead atoms. The van der Waals surface area contributed by atoms with Crippen molar-refractivity contribution in [1.29, 1.82) is 0 Å². The summed E-state index contributed by atoms with van der Waals surface area (Å²) in [5.74, 6) is 0.148. The molecule has 3 rings (SSSR count). The van der Waals surface area contributed by atoms with Gasteiger partial charge in [0.15, 0.2) is 5.82 Å². The van der Waals surface area contributed by atoms with Crippen LogP contribution in [-0.2, 0) is 0 Å². The lowest BCUT2D eigenvalue weighted by molar-refractivity contribution is -0.274. The maximum absolute atomic E-state index is 12.3. The van der Waals surface area contributed by atoms with Crippen LogP contribution in [0.4, 0.5) is 18.0 Å². The number of carbonyl (C=O) groups is 1. The Balaban J connectivity index is 1.81. The molecule has 1 amide bonds. The molecule has 1 unspecified atom stereocenters. The van der Waals surface area contributed by atoms with E-state index in [2.05, 4.69) is 14.8 Å². The van der Waals surface area contributed by atoms with E-state index in [0.29, 0.717) is 17.9 Å². The first-order chi connectivity index (χ1) is 13.9. The molecule has 0 radical (unpaired) electrons. The average molecular weight is 424 g/mol. The van der Waals surface area contributed by atoms with Crippen molar-refractivity contribution in [3.8, 4) is 11.4 Å². The van der Waals surface area contributed by atoms with Crippen molar-refractivity contribution in [2.45, 2.75) is 58.0 Å². The summed E-state index contributed by atoms with van der Waals surface area (Å²) in [4.78, 5) is 17.5. The van der Waals surface area contributed by atoms with E-state index in [1.165, 1.54) is 40.2 Å². The van der Waals surface area contributed by atoms with Crippen LogP contribution in [0.15, 0.2) is 36.7 Å². The van der Waals surface area contributed by atoms with Gasteiger partial charge in [0.2, 0.25) is 0 Å². The molecule has 1 N–H and O–H groups in total. The molecule has 0 fully saturated rings. The lowest BCUT2D eigenvalue weighted by Crippen LogP contribution is -2.51. The first-order valence-corrected chi connectivity index (χ1v) is 9.45. The molecular formula is C20H23F3N4O3. The van der Waals surface area contributed by atoms with Crippen molar-refractivity contribution in [1.82, 2.24) is 19.7 Å². The zero-order valence-electron chi connectivity index (χ0n) is 16.8. The molecular weight excluding hydrogens is 401 g/mol. The fourth-order valence-corrected chi connectivity index (χ4v) is 3.55. The second-order valence-corrected chi connectivity index (χ2v) is 8.03. The Morgan fingerprint density at radius 1 is 1.23 bits per heavy atom. The maximum Gasteiger partial charge on any atom is 0.573 e.